The van der Waals surface area contributed by atoms with Gasteiger partial charge < -0.3 is 24.8 Å². The summed E-state index contributed by atoms with van der Waals surface area (Å²) in [4.78, 5) is 22.5. The Morgan fingerprint density at radius 3 is 2.49 bits per heavy atom. The van der Waals surface area contributed by atoms with Crippen LogP contribution in [0.2, 0.25) is 0 Å². The summed E-state index contributed by atoms with van der Waals surface area (Å²) in [6, 6.07) is 16.0. The smallest absolute Gasteiger partial charge is 0.255 e. The van der Waals surface area contributed by atoms with Crippen LogP contribution < -0.4 is 24.8 Å². The molecule has 0 spiro atoms. The molecule has 0 fully saturated rings. The van der Waals surface area contributed by atoms with Crippen LogP contribution in [-0.4, -0.2) is 47.0 Å². The van der Waals surface area contributed by atoms with E-state index in [4.69, 9.17) is 24.3 Å². The third-order valence-electron chi connectivity index (χ3n) is 6.09. The second kappa shape index (κ2) is 10.0. The SMILES string of the molecule is COc1ccc(-c2nc3n(n2)[C@@H](c2ccccc2OC)C(C(=O)Nc2cccnc2)=C(C)N3)cc1OC. The first kappa shape index (κ1) is 23.9. The molecular weight excluding hydrogens is 472 g/mol. The fraction of sp³-hybridized carbons (Fsp3) is 0.185. The second-order valence-corrected chi connectivity index (χ2v) is 8.28. The Balaban J connectivity index is 1.63. The zero-order chi connectivity index (χ0) is 25.9. The van der Waals surface area contributed by atoms with E-state index in [1.165, 1.54) is 0 Å². The highest BCUT2D eigenvalue weighted by molar-refractivity contribution is 6.06. The van der Waals surface area contributed by atoms with E-state index in [1.54, 1.807) is 56.6 Å². The van der Waals surface area contributed by atoms with Gasteiger partial charge in [0.25, 0.3) is 5.91 Å². The lowest BCUT2D eigenvalue weighted by Crippen LogP contribution is -2.31. The number of rotatable bonds is 7. The molecule has 1 aliphatic rings. The van der Waals surface area contributed by atoms with Crippen molar-refractivity contribution in [2.75, 3.05) is 32.0 Å². The molecule has 0 unspecified atom stereocenters. The number of benzene rings is 2. The number of allylic oxidation sites excluding steroid dienone is 1. The molecule has 1 atom stereocenters. The van der Waals surface area contributed by atoms with Crippen LogP contribution in [0.15, 0.2) is 78.3 Å². The highest BCUT2D eigenvalue weighted by Gasteiger charge is 2.36. The zero-order valence-electron chi connectivity index (χ0n) is 20.9. The van der Waals surface area contributed by atoms with Gasteiger partial charge in [-0.2, -0.15) is 4.98 Å². The van der Waals surface area contributed by atoms with Gasteiger partial charge in [-0.3, -0.25) is 9.78 Å². The number of amides is 1. The molecule has 3 heterocycles. The van der Waals surface area contributed by atoms with Crippen LogP contribution in [0.5, 0.6) is 17.2 Å². The lowest BCUT2D eigenvalue weighted by atomic mass is 9.94. The number of nitrogens with one attached hydrogen (secondary N) is 2. The number of aromatic nitrogens is 4. The number of hydrogen-bond acceptors (Lipinski definition) is 8. The maximum atomic E-state index is 13.6. The lowest BCUT2D eigenvalue weighted by molar-refractivity contribution is -0.113. The Hall–Kier alpha value is -4.86. The summed E-state index contributed by atoms with van der Waals surface area (Å²) in [6.45, 7) is 1.84. The average molecular weight is 499 g/mol. The van der Waals surface area contributed by atoms with E-state index < -0.39 is 6.04 Å². The normalized spacial score (nSPS) is 14.4. The van der Waals surface area contributed by atoms with Crippen molar-refractivity contribution in [3.05, 3.63) is 83.8 Å². The van der Waals surface area contributed by atoms with Gasteiger partial charge in [0.05, 0.1) is 38.8 Å². The van der Waals surface area contributed by atoms with E-state index in [0.717, 1.165) is 11.1 Å². The maximum Gasteiger partial charge on any atom is 0.255 e. The topological polar surface area (TPSA) is 112 Å². The quantitative estimate of drug-likeness (QED) is 0.388. The van der Waals surface area contributed by atoms with Gasteiger partial charge in [-0.15, -0.1) is 5.10 Å². The van der Waals surface area contributed by atoms with E-state index in [1.807, 2.05) is 43.3 Å². The molecule has 0 bridgehead atoms. The first-order valence-corrected chi connectivity index (χ1v) is 11.5. The van der Waals surface area contributed by atoms with E-state index in [2.05, 4.69) is 15.6 Å². The summed E-state index contributed by atoms with van der Waals surface area (Å²) in [6.07, 6.45) is 3.25. The van der Waals surface area contributed by atoms with E-state index in [0.29, 0.717) is 46.0 Å². The van der Waals surface area contributed by atoms with E-state index in [-0.39, 0.29) is 5.91 Å². The molecule has 0 radical (unpaired) electrons. The molecule has 10 heteroatoms. The largest absolute Gasteiger partial charge is 0.496 e. The number of hydrogen-bond donors (Lipinski definition) is 2. The van der Waals surface area contributed by atoms with Crippen molar-refractivity contribution in [1.82, 2.24) is 19.7 Å². The predicted molar refractivity (Wildman–Crippen MR) is 139 cm³/mol. The number of pyridine rings is 1. The molecule has 2 aromatic heterocycles. The molecule has 1 amide bonds. The van der Waals surface area contributed by atoms with Gasteiger partial charge >= 0.3 is 0 Å². The monoisotopic (exact) mass is 498 g/mol. The molecule has 0 saturated carbocycles. The Morgan fingerprint density at radius 2 is 1.76 bits per heavy atom. The Kier molecular flexibility index (Phi) is 6.46. The molecular formula is C27H26N6O4. The van der Waals surface area contributed by atoms with Crippen molar-refractivity contribution >= 4 is 17.5 Å². The summed E-state index contributed by atoms with van der Waals surface area (Å²) in [7, 11) is 4.76. The number of nitrogens with zero attached hydrogens (tertiary/aromatic N) is 4. The first-order valence-electron chi connectivity index (χ1n) is 11.5. The van der Waals surface area contributed by atoms with Crippen LogP contribution >= 0.6 is 0 Å². The molecule has 188 valence electrons. The maximum absolute atomic E-state index is 13.6. The Morgan fingerprint density at radius 1 is 0.973 bits per heavy atom. The van der Waals surface area contributed by atoms with E-state index >= 15 is 0 Å². The Labute approximate surface area is 213 Å². The fourth-order valence-electron chi connectivity index (χ4n) is 4.36. The summed E-state index contributed by atoms with van der Waals surface area (Å²) in [5.41, 5.74) is 3.22. The van der Waals surface area contributed by atoms with Crippen LogP contribution in [-0.2, 0) is 4.79 Å². The lowest BCUT2D eigenvalue weighted by Gasteiger charge is -2.29. The number of carbonyl (C=O) groups is 1. The van der Waals surface area contributed by atoms with Gasteiger partial charge in [-0.05, 0) is 43.3 Å². The molecule has 5 rings (SSSR count). The van der Waals surface area contributed by atoms with Crippen molar-refractivity contribution in [3.63, 3.8) is 0 Å². The predicted octanol–water partition coefficient (Wildman–Crippen LogP) is 4.29. The van der Waals surface area contributed by atoms with Crippen LogP contribution in [0.1, 0.15) is 18.5 Å². The number of methoxy groups -OCH3 is 3. The van der Waals surface area contributed by atoms with Crippen molar-refractivity contribution in [2.24, 2.45) is 0 Å². The third kappa shape index (κ3) is 4.44. The second-order valence-electron chi connectivity index (χ2n) is 8.28. The third-order valence-corrected chi connectivity index (χ3v) is 6.09. The van der Waals surface area contributed by atoms with Crippen LogP contribution in [0.4, 0.5) is 11.6 Å². The van der Waals surface area contributed by atoms with Crippen molar-refractivity contribution in [1.29, 1.82) is 0 Å². The molecule has 1 aliphatic heterocycles. The highest BCUT2D eigenvalue weighted by Crippen LogP contribution is 2.40. The molecule has 4 aromatic rings. The number of para-hydroxylation sites is 1. The van der Waals surface area contributed by atoms with Crippen LogP contribution in [0.25, 0.3) is 11.4 Å². The van der Waals surface area contributed by atoms with E-state index in [9.17, 15) is 4.79 Å². The van der Waals surface area contributed by atoms with Gasteiger partial charge in [0.2, 0.25) is 5.95 Å². The highest BCUT2D eigenvalue weighted by atomic mass is 16.5. The summed E-state index contributed by atoms with van der Waals surface area (Å²) in [5.74, 6) is 2.46. The Bertz CT molecular complexity index is 1480. The molecule has 2 N–H and O–H groups in total. The van der Waals surface area contributed by atoms with Crippen molar-refractivity contribution in [2.45, 2.75) is 13.0 Å². The van der Waals surface area contributed by atoms with Crippen LogP contribution in [0, 0.1) is 0 Å². The first-order chi connectivity index (χ1) is 18.0. The van der Waals surface area contributed by atoms with Crippen molar-refractivity contribution in [3.8, 4) is 28.6 Å². The van der Waals surface area contributed by atoms with Gasteiger partial charge in [-0.1, -0.05) is 18.2 Å². The standard InChI is InChI=1S/C27H26N6O4/c1-16-23(26(34)30-18-8-7-13-28-15-18)24(19-9-5-6-10-20(19)35-2)33-27(29-16)31-25(32-33)17-11-12-21(36-3)22(14-17)37-4/h5-15,24H,1-4H3,(H,30,34)(H,29,31,32)/t24-/m0/s1. The number of fused-ring (bicyclic) bond motifs is 1. The van der Waals surface area contributed by atoms with Gasteiger partial charge in [0.15, 0.2) is 17.3 Å². The molecule has 0 saturated heterocycles. The summed E-state index contributed by atoms with van der Waals surface area (Å²) < 4.78 is 18.2. The number of ether oxygens (including phenoxy) is 3. The van der Waals surface area contributed by atoms with Crippen molar-refractivity contribution < 1.29 is 19.0 Å². The van der Waals surface area contributed by atoms with Crippen LogP contribution in [0.3, 0.4) is 0 Å². The summed E-state index contributed by atoms with van der Waals surface area (Å²) >= 11 is 0. The zero-order valence-corrected chi connectivity index (χ0v) is 20.9. The minimum absolute atomic E-state index is 0.289. The van der Waals surface area contributed by atoms with Gasteiger partial charge in [0, 0.05) is 23.0 Å². The molecule has 10 nitrogen and oxygen atoms in total. The molecule has 37 heavy (non-hydrogen) atoms. The number of carbonyl (C=O) groups excluding carboxylic acids is 1. The minimum atomic E-state index is -0.606. The fourth-order valence-corrected chi connectivity index (χ4v) is 4.36. The average Bonchev–Trinajstić information content (AvgIpc) is 3.36. The van der Waals surface area contributed by atoms with Gasteiger partial charge in [0.1, 0.15) is 11.8 Å². The summed E-state index contributed by atoms with van der Waals surface area (Å²) in [5, 5.41) is 11.0. The molecule has 0 aliphatic carbocycles. The molecule has 2 aromatic carbocycles. The minimum Gasteiger partial charge on any atom is -0.496 e. The van der Waals surface area contributed by atoms with Gasteiger partial charge in [-0.25, -0.2) is 4.68 Å². The number of anilines is 2.